The number of halogens is 2. The van der Waals surface area contributed by atoms with Gasteiger partial charge in [0, 0.05) is 19.2 Å². The molecule has 17 heavy (non-hydrogen) atoms. The standard InChI is InChI=1S/C10H9Cl2N3O2/c11-6-2-7(9(12)14-3-6)15-4-5(10(13)17)1-8(15)16/h2-3,5H,1,4H2,(H2,13,17). The summed E-state index contributed by atoms with van der Waals surface area (Å²) in [5.74, 6) is -1.19. The summed E-state index contributed by atoms with van der Waals surface area (Å²) in [6, 6.07) is 1.54. The van der Waals surface area contributed by atoms with Crippen molar-refractivity contribution < 1.29 is 9.59 Å². The minimum Gasteiger partial charge on any atom is -0.369 e. The van der Waals surface area contributed by atoms with Crippen molar-refractivity contribution in [1.82, 2.24) is 4.98 Å². The Balaban J connectivity index is 2.32. The van der Waals surface area contributed by atoms with E-state index in [4.69, 9.17) is 28.9 Å². The van der Waals surface area contributed by atoms with Crippen LogP contribution in [-0.2, 0) is 9.59 Å². The normalized spacial score (nSPS) is 19.8. The van der Waals surface area contributed by atoms with Gasteiger partial charge in [-0.25, -0.2) is 4.98 Å². The van der Waals surface area contributed by atoms with E-state index in [-0.39, 0.29) is 24.0 Å². The van der Waals surface area contributed by atoms with Gasteiger partial charge < -0.3 is 10.6 Å². The van der Waals surface area contributed by atoms with Crippen LogP contribution in [0.3, 0.4) is 0 Å². The van der Waals surface area contributed by atoms with Gasteiger partial charge in [-0.1, -0.05) is 23.2 Å². The van der Waals surface area contributed by atoms with E-state index in [1.165, 1.54) is 17.2 Å². The van der Waals surface area contributed by atoms with Crippen molar-refractivity contribution >= 4 is 40.7 Å². The summed E-state index contributed by atoms with van der Waals surface area (Å²) >= 11 is 11.7. The number of amides is 2. The summed E-state index contributed by atoms with van der Waals surface area (Å²) in [4.78, 5) is 28.0. The molecule has 0 saturated carbocycles. The maximum Gasteiger partial charge on any atom is 0.227 e. The van der Waals surface area contributed by atoms with E-state index in [1.54, 1.807) is 0 Å². The third-order valence-corrected chi connectivity index (χ3v) is 3.10. The molecule has 2 N–H and O–H groups in total. The van der Waals surface area contributed by atoms with E-state index in [9.17, 15) is 9.59 Å². The van der Waals surface area contributed by atoms with Gasteiger partial charge in [-0.15, -0.1) is 0 Å². The van der Waals surface area contributed by atoms with Crippen LogP contribution < -0.4 is 10.6 Å². The number of nitrogens with two attached hydrogens (primary N) is 1. The average molecular weight is 274 g/mol. The number of carbonyl (C=O) groups excluding carboxylic acids is 2. The van der Waals surface area contributed by atoms with Crippen molar-refractivity contribution in [3.63, 3.8) is 0 Å². The van der Waals surface area contributed by atoms with Crippen LogP contribution in [0.1, 0.15) is 6.42 Å². The van der Waals surface area contributed by atoms with Gasteiger partial charge >= 0.3 is 0 Å². The monoisotopic (exact) mass is 273 g/mol. The van der Waals surface area contributed by atoms with E-state index in [1.807, 2.05) is 0 Å². The Morgan fingerprint density at radius 3 is 2.82 bits per heavy atom. The molecular weight excluding hydrogens is 265 g/mol. The molecule has 90 valence electrons. The molecule has 2 amide bonds. The molecule has 1 aliphatic heterocycles. The van der Waals surface area contributed by atoms with Crippen LogP contribution in [-0.4, -0.2) is 23.3 Å². The third-order valence-electron chi connectivity index (χ3n) is 2.61. The summed E-state index contributed by atoms with van der Waals surface area (Å²) in [6.07, 6.45) is 1.48. The molecule has 0 radical (unpaired) electrons. The van der Waals surface area contributed by atoms with Crippen LogP contribution in [0.5, 0.6) is 0 Å². The Morgan fingerprint density at radius 2 is 2.24 bits per heavy atom. The highest BCUT2D eigenvalue weighted by Gasteiger charge is 2.35. The Morgan fingerprint density at radius 1 is 1.53 bits per heavy atom. The van der Waals surface area contributed by atoms with Crippen molar-refractivity contribution in [2.45, 2.75) is 6.42 Å². The molecule has 2 rings (SSSR count). The highest BCUT2D eigenvalue weighted by Crippen LogP contribution is 2.31. The lowest BCUT2D eigenvalue weighted by Crippen LogP contribution is -2.28. The summed E-state index contributed by atoms with van der Waals surface area (Å²) in [7, 11) is 0. The quantitative estimate of drug-likeness (QED) is 0.824. The number of hydrogen-bond donors (Lipinski definition) is 1. The van der Waals surface area contributed by atoms with Gasteiger partial charge in [0.15, 0.2) is 5.15 Å². The number of primary amides is 1. The number of nitrogens with zero attached hydrogens (tertiary/aromatic N) is 2. The lowest BCUT2D eigenvalue weighted by atomic mass is 10.1. The van der Waals surface area contributed by atoms with Crippen LogP contribution >= 0.6 is 23.2 Å². The summed E-state index contributed by atoms with van der Waals surface area (Å²) in [6.45, 7) is 0.218. The van der Waals surface area contributed by atoms with E-state index in [0.717, 1.165) is 0 Å². The van der Waals surface area contributed by atoms with Crippen LogP contribution in [0.15, 0.2) is 12.3 Å². The number of hydrogen-bond acceptors (Lipinski definition) is 3. The van der Waals surface area contributed by atoms with Crippen LogP contribution in [0, 0.1) is 5.92 Å². The lowest BCUT2D eigenvalue weighted by Gasteiger charge is -2.17. The summed E-state index contributed by atoms with van der Waals surface area (Å²) < 4.78 is 0. The van der Waals surface area contributed by atoms with Crippen molar-refractivity contribution in [2.24, 2.45) is 11.7 Å². The second-order valence-corrected chi connectivity index (χ2v) is 4.57. The van der Waals surface area contributed by atoms with Gasteiger partial charge in [-0.3, -0.25) is 9.59 Å². The van der Waals surface area contributed by atoms with Crippen molar-refractivity contribution in [1.29, 1.82) is 0 Å². The SMILES string of the molecule is NC(=O)C1CC(=O)N(c2cc(Cl)cnc2Cl)C1. The first-order chi connectivity index (χ1) is 7.99. The number of carbonyl (C=O) groups is 2. The Labute approximate surface area is 107 Å². The number of anilines is 1. The highest BCUT2D eigenvalue weighted by molar-refractivity contribution is 6.34. The van der Waals surface area contributed by atoms with Crippen molar-refractivity contribution in [2.75, 3.05) is 11.4 Å². The molecule has 1 aromatic rings. The molecule has 7 heteroatoms. The van der Waals surface area contributed by atoms with Gasteiger partial charge in [0.1, 0.15) is 0 Å². The molecule has 0 bridgehead atoms. The molecule has 0 spiro atoms. The summed E-state index contributed by atoms with van der Waals surface area (Å²) in [5.41, 5.74) is 5.59. The third kappa shape index (κ3) is 2.35. The predicted molar refractivity (Wildman–Crippen MR) is 63.9 cm³/mol. The molecular formula is C10H9Cl2N3O2. The first-order valence-electron chi connectivity index (χ1n) is 4.89. The van der Waals surface area contributed by atoms with E-state index < -0.39 is 11.8 Å². The smallest absolute Gasteiger partial charge is 0.227 e. The Hall–Kier alpha value is -1.33. The number of rotatable bonds is 2. The van der Waals surface area contributed by atoms with Gasteiger partial charge in [-0.2, -0.15) is 0 Å². The predicted octanol–water partition coefficient (Wildman–Crippen LogP) is 1.23. The van der Waals surface area contributed by atoms with Gasteiger partial charge in [0.2, 0.25) is 11.8 Å². The first-order valence-corrected chi connectivity index (χ1v) is 5.65. The van der Waals surface area contributed by atoms with Crippen LogP contribution in [0.4, 0.5) is 5.69 Å². The van der Waals surface area contributed by atoms with Gasteiger partial charge in [0.05, 0.1) is 16.6 Å². The van der Waals surface area contributed by atoms with E-state index in [2.05, 4.69) is 4.98 Å². The van der Waals surface area contributed by atoms with E-state index in [0.29, 0.717) is 10.7 Å². The first kappa shape index (κ1) is 12.1. The maximum absolute atomic E-state index is 11.7. The average Bonchev–Trinajstić information content (AvgIpc) is 2.64. The molecule has 1 unspecified atom stereocenters. The van der Waals surface area contributed by atoms with Gasteiger partial charge in [-0.05, 0) is 6.07 Å². The fourth-order valence-electron chi connectivity index (χ4n) is 1.73. The molecule has 2 heterocycles. The van der Waals surface area contributed by atoms with Crippen molar-refractivity contribution in [3.8, 4) is 0 Å². The lowest BCUT2D eigenvalue weighted by molar-refractivity contribution is -0.123. The summed E-state index contributed by atoms with van der Waals surface area (Å²) in [5, 5.41) is 0.549. The maximum atomic E-state index is 11.7. The largest absolute Gasteiger partial charge is 0.369 e. The number of pyridine rings is 1. The minimum atomic E-state index is -0.494. The van der Waals surface area contributed by atoms with Crippen LogP contribution in [0.2, 0.25) is 10.2 Å². The number of aromatic nitrogens is 1. The van der Waals surface area contributed by atoms with Gasteiger partial charge in [0.25, 0.3) is 0 Å². The molecule has 1 saturated heterocycles. The zero-order valence-corrected chi connectivity index (χ0v) is 10.2. The second kappa shape index (κ2) is 4.50. The Bertz CT molecular complexity index is 492. The van der Waals surface area contributed by atoms with E-state index >= 15 is 0 Å². The molecule has 0 aliphatic carbocycles. The Kier molecular flexibility index (Phi) is 3.22. The molecule has 1 aromatic heterocycles. The zero-order chi connectivity index (χ0) is 12.6. The second-order valence-electron chi connectivity index (χ2n) is 3.77. The fourth-order valence-corrected chi connectivity index (χ4v) is 2.09. The fraction of sp³-hybridized carbons (Fsp3) is 0.300. The highest BCUT2D eigenvalue weighted by atomic mass is 35.5. The van der Waals surface area contributed by atoms with Crippen molar-refractivity contribution in [3.05, 3.63) is 22.4 Å². The molecule has 1 fully saturated rings. The topological polar surface area (TPSA) is 76.3 Å². The molecule has 0 aromatic carbocycles. The van der Waals surface area contributed by atoms with Crippen LogP contribution in [0.25, 0.3) is 0 Å². The minimum absolute atomic E-state index is 0.0954. The zero-order valence-electron chi connectivity index (χ0n) is 8.69. The molecule has 5 nitrogen and oxygen atoms in total. The molecule has 1 aliphatic rings. The molecule has 1 atom stereocenters.